The summed E-state index contributed by atoms with van der Waals surface area (Å²) in [7, 11) is 0. The lowest BCUT2D eigenvalue weighted by Crippen LogP contribution is -2.35. The van der Waals surface area contributed by atoms with Crippen LogP contribution in [0, 0.1) is 12.3 Å². The van der Waals surface area contributed by atoms with Gasteiger partial charge in [-0.3, -0.25) is 9.59 Å². The Hall–Kier alpha value is -2.37. The van der Waals surface area contributed by atoms with Crippen LogP contribution in [0.1, 0.15) is 45.0 Å². The molecule has 0 radical (unpaired) electrons. The number of aryl methyl sites for hydroxylation is 1. The van der Waals surface area contributed by atoms with Crippen LogP contribution in [0.4, 0.5) is 0 Å². The first-order valence-corrected chi connectivity index (χ1v) is 8.26. The summed E-state index contributed by atoms with van der Waals surface area (Å²) >= 11 is 0. The number of fused-ring (bicyclic) bond motifs is 1. The largest absolute Gasteiger partial charge is 0.356 e. The summed E-state index contributed by atoms with van der Waals surface area (Å²) in [6, 6.07) is 5.92. The fraction of sp³-hybridized carbons (Fsp3) is 0.500. The van der Waals surface area contributed by atoms with Crippen LogP contribution in [0.5, 0.6) is 0 Å². The van der Waals surface area contributed by atoms with Gasteiger partial charge < -0.3 is 15.0 Å². The highest BCUT2D eigenvalue weighted by molar-refractivity contribution is 5.81. The predicted octanol–water partition coefficient (Wildman–Crippen LogP) is 2.20. The van der Waals surface area contributed by atoms with Gasteiger partial charge >= 0.3 is 0 Å². The Morgan fingerprint density at radius 1 is 1.21 bits per heavy atom. The zero-order valence-corrected chi connectivity index (χ0v) is 14.8. The van der Waals surface area contributed by atoms with Crippen molar-refractivity contribution in [2.45, 2.75) is 47.1 Å². The molecule has 6 heteroatoms. The second-order valence-corrected chi connectivity index (χ2v) is 7.01. The quantitative estimate of drug-likeness (QED) is 0.797. The Bertz CT molecular complexity index is 728. The topological polar surface area (TPSA) is 75.5 Å². The third-order valence-electron chi connectivity index (χ3n) is 3.76. The molecule has 0 atom stereocenters. The minimum atomic E-state index is -0.399. The maximum absolute atomic E-state index is 11.9. The van der Waals surface area contributed by atoms with Crippen LogP contribution in [-0.2, 0) is 16.1 Å². The summed E-state index contributed by atoms with van der Waals surface area (Å²) in [6.45, 7) is 8.54. The average Bonchev–Trinajstić information content (AvgIpc) is 2.93. The molecule has 0 bridgehead atoms. The number of rotatable bonds is 6. The van der Waals surface area contributed by atoms with Crippen molar-refractivity contribution in [1.82, 2.24) is 20.0 Å². The first kappa shape index (κ1) is 18.0. The number of aromatic nitrogens is 2. The molecule has 0 aromatic carbocycles. The van der Waals surface area contributed by atoms with E-state index in [9.17, 15) is 9.59 Å². The number of carbonyl (C=O) groups is 2. The van der Waals surface area contributed by atoms with Crippen molar-refractivity contribution in [2.24, 2.45) is 5.41 Å². The summed E-state index contributed by atoms with van der Waals surface area (Å²) in [6.07, 6.45) is 2.95. The van der Waals surface area contributed by atoms with Gasteiger partial charge in [-0.25, -0.2) is 4.98 Å². The maximum atomic E-state index is 11.9. The SMILES string of the molecule is Cc1cccc2nc(CNC(=O)CCCNC(=O)C(C)(C)C)cn12. The number of carbonyl (C=O) groups excluding carboxylic acids is 2. The third kappa shape index (κ3) is 4.81. The maximum Gasteiger partial charge on any atom is 0.225 e. The van der Waals surface area contributed by atoms with Gasteiger partial charge in [0.05, 0.1) is 12.2 Å². The van der Waals surface area contributed by atoms with Gasteiger partial charge in [0, 0.05) is 30.3 Å². The second-order valence-electron chi connectivity index (χ2n) is 7.01. The van der Waals surface area contributed by atoms with Crippen molar-refractivity contribution in [1.29, 1.82) is 0 Å². The Balaban J connectivity index is 1.73. The van der Waals surface area contributed by atoms with Crippen molar-refractivity contribution in [3.05, 3.63) is 35.8 Å². The lowest BCUT2D eigenvalue weighted by Gasteiger charge is -2.17. The molecule has 2 rings (SSSR count). The molecular weight excluding hydrogens is 304 g/mol. The van der Waals surface area contributed by atoms with Crippen molar-refractivity contribution in [3.8, 4) is 0 Å². The molecule has 0 aliphatic carbocycles. The van der Waals surface area contributed by atoms with E-state index in [1.807, 2.05) is 56.5 Å². The zero-order chi connectivity index (χ0) is 17.7. The minimum absolute atomic E-state index is 0.00276. The summed E-state index contributed by atoms with van der Waals surface area (Å²) in [5, 5.41) is 5.71. The number of nitrogens with zero attached hydrogens (tertiary/aromatic N) is 2. The number of amides is 2. The fourth-order valence-electron chi connectivity index (χ4n) is 2.28. The van der Waals surface area contributed by atoms with Gasteiger partial charge in [0.25, 0.3) is 0 Å². The van der Waals surface area contributed by atoms with Gasteiger partial charge in [0.1, 0.15) is 5.65 Å². The summed E-state index contributed by atoms with van der Waals surface area (Å²) in [4.78, 5) is 28.1. The van der Waals surface area contributed by atoms with E-state index in [4.69, 9.17) is 0 Å². The highest BCUT2D eigenvalue weighted by atomic mass is 16.2. The zero-order valence-electron chi connectivity index (χ0n) is 14.8. The molecule has 2 aromatic rings. The highest BCUT2D eigenvalue weighted by Crippen LogP contribution is 2.12. The van der Waals surface area contributed by atoms with E-state index in [1.54, 1.807) is 0 Å². The van der Waals surface area contributed by atoms with Crippen LogP contribution < -0.4 is 10.6 Å². The first-order chi connectivity index (χ1) is 11.3. The molecule has 0 saturated heterocycles. The monoisotopic (exact) mass is 330 g/mol. The molecule has 0 fully saturated rings. The van der Waals surface area contributed by atoms with E-state index in [-0.39, 0.29) is 11.8 Å². The molecule has 24 heavy (non-hydrogen) atoms. The summed E-state index contributed by atoms with van der Waals surface area (Å²) in [5.74, 6) is -0.0308. The third-order valence-corrected chi connectivity index (χ3v) is 3.76. The molecular formula is C18H26N4O2. The van der Waals surface area contributed by atoms with E-state index in [1.165, 1.54) is 0 Å². The molecule has 0 spiro atoms. The van der Waals surface area contributed by atoms with Crippen LogP contribution in [-0.4, -0.2) is 27.7 Å². The van der Waals surface area contributed by atoms with Crippen LogP contribution in [0.3, 0.4) is 0 Å². The molecule has 0 aliphatic heterocycles. The van der Waals surface area contributed by atoms with Gasteiger partial charge in [0.2, 0.25) is 11.8 Å². The Morgan fingerprint density at radius 3 is 2.62 bits per heavy atom. The van der Waals surface area contributed by atoms with E-state index >= 15 is 0 Å². The minimum Gasteiger partial charge on any atom is -0.356 e. The van der Waals surface area contributed by atoms with Crippen molar-refractivity contribution < 1.29 is 9.59 Å². The fourth-order valence-corrected chi connectivity index (χ4v) is 2.28. The molecule has 0 aliphatic rings. The van der Waals surface area contributed by atoms with Crippen molar-refractivity contribution in [2.75, 3.05) is 6.54 Å². The van der Waals surface area contributed by atoms with Crippen molar-refractivity contribution >= 4 is 17.5 Å². The number of pyridine rings is 1. The summed E-state index contributed by atoms with van der Waals surface area (Å²) in [5.41, 5.74) is 2.42. The smallest absolute Gasteiger partial charge is 0.225 e. The van der Waals surface area contributed by atoms with E-state index < -0.39 is 5.41 Å². The number of hydrogen-bond acceptors (Lipinski definition) is 3. The van der Waals surface area contributed by atoms with Crippen LogP contribution in [0.2, 0.25) is 0 Å². The number of nitrogens with one attached hydrogen (secondary N) is 2. The van der Waals surface area contributed by atoms with Crippen LogP contribution in [0.15, 0.2) is 24.4 Å². The molecule has 2 amide bonds. The molecule has 2 heterocycles. The summed E-state index contributed by atoms with van der Waals surface area (Å²) < 4.78 is 2.00. The molecule has 2 aromatic heterocycles. The molecule has 2 N–H and O–H groups in total. The second kappa shape index (κ2) is 7.47. The Morgan fingerprint density at radius 2 is 1.96 bits per heavy atom. The average molecular weight is 330 g/mol. The Kier molecular flexibility index (Phi) is 5.59. The molecule has 6 nitrogen and oxygen atoms in total. The van der Waals surface area contributed by atoms with E-state index in [2.05, 4.69) is 15.6 Å². The van der Waals surface area contributed by atoms with Gasteiger partial charge in [0.15, 0.2) is 0 Å². The molecule has 0 unspecified atom stereocenters. The van der Waals surface area contributed by atoms with Crippen LogP contribution >= 0.6 is 0 Å². The van der Waals surface area contributed by atoms with Gasteiger partial charge in [-0.2, -0.15) is 0 Å². The molecule has 0 saturated carbocycles. The first-order valence-electron chi connectivity index (χ1n) is 8.26. The number of hydrogen-bond donors (Lipinski definition) is 2. The van der Waals surface area contributed by atoms with Gasteiger partial charge in [-0.1, -0.05) is 26.8 Å². The van der Waals surface area contributed by atoms with E-state index in [0.717, 1.165) is 17.0 Å². The lowest BCUT2D eigenvalue weighted by molar-refractivity contribution is -0.128. The number of imidazole rings is 1. The van der Waals surface area contributed by atoms with Crippen LogP contribution in [0.25, 0.3) is 5.65 Å². The highest BCUT2D eigenvalue weighted by Gasteiger charge is 2.20. The Labute approximate surface area is 142 Å². The van der Waals surface area contributed by atoms with Gasteiger partial charge in [-0.15, -0.1) is 0 Å². The predicted molar refractivity (Wildman–Crippen MR) is 93.5 cm³/mol. The van der Waals surface area contributed by atoms with Gasteiger partial charge in [-0.05, 0) is 25.5 Å². The lowest BCUT2D eigenvalue weighted by atomic mass is 9.96. The van der Waals surface area contributed by atoms with Crippen molar-refractivity contribution in [3.63, 3.8) is 0 Å². The standard InChI is InChI=1S/C18H26N4O2/c1-13-7-5-8-15-21-14(12-22(13)15)11-20-16(23)9-6-10-19-17(24)18(2,3)4/h5,7-8,12H,6,9-11H2,1-4H3,(H,19,24)(H,20,23). The molecule has 130 valence electrons. The van der Waals surface area contributed by atoms with E-state index in [0.29, 0.717) is 25.9 Å². The normalized spacial score (nSPS) is 11.5.